The zero-order valence-electron chi connectivity index (χ0n) is 10.2. The van der Waals surface area contributed by atoms with E-state index in [2.05, 4.69) is 5.32 Å². The van der Waals surface area contributed by atoms with Crippen LogP contribution in [-0.4, -0.2) is 29.5 Å². The Kier molecular flexibility index (Phi) is 4.08. The van der Waals surface area contributed by atoms with Gasteiger partial charge in [0.1, 0.15) is 12.6 Å². The second-order valence-electron chi connectivity index (χ2n) is 4.49. The van der Waals surface area contributed by atoms with Gasteiger partial charge in [-0.3, -0.25) is 14.9 Å². The van der Waals surface area contributed by atoms with Gasteiger partial charge >= 0.3 is 5.97 Å². The van der Waals surface area contributed by atoms with Crippen molar-refractivity contribution >= 4 is 11.7 Å². The predicted octanol–water partition coefficient (Wildman–Crippen LogP) is 0.327. The number of carbonyl (C=O) groups is 1. The van der Waals surface area contributed by atoms with Crippen molar-refractivity contribution in [1.82, 2.24) is 5.32 Å². The summed E-state index contributed by atoms with van der Waals surface area (Å²) in [6.07, 6.45) is 0.569. The standard InChI is InChI=1S/C12H15N3O4/c13-9-5-11(14-6-9)12(16)19-7-8-1-3-10(4-2-8)15(17)18/h1-4,9,11,14H,5-7,13H2/t9-,11?/m1/s1. The Balaban J connectivity index is 1.85. The lowest BCUT2D eigenvalue weighted by molar-refractivity contribution is -0.384. The highest BCUT2D eigenvalue weighted by Crippen LogP contribution is 2.13. The molecule has 0 saturated carbocycles. The molecule has 1 aliphatic heterocycles. The second kappa shape index (κ2) is 5.77. The topological polar surface area (TPSA) is 107 Å². The van der Waals surface area contributed by atoms with Gasteiger partial charge in [0.2, 0.25) is 0 Å². The molecule has 0 spiro atoms. The van der Waals surface area contributed by atoms with Gasteiger partial charge in [-0.2, -0.15) is 0 Å². The van der Waals surface area contributed by atoms with E-state index in [4.69, 9.17) is 10.5 Å². The average molecular weight is 265 g/mol. The third-order valence-corrected chi connectivity index (χ3v) is 2.98. The summed E-state index contributed by atoms with van der Waals surface area (Å²) in [4.78, 5) is 21.7. The van der Waals surface area contributed by atoms with Crippen LogP contribution in [0.15, 0.2) is 24.3 Å². The molecule has 0 aliphatic carbocycles. The molecule has 1 heterocycles. The number of non-ortho nitro benzene ring substituents is 1. The van der Waals surface area contributed by atoms with Gasteiger partial charge in [0, 0.05) is 24.7 Å². The lowest BCUT2D eigenvalue weighted by Crippen LogP contribution is -2.32. The number of nitrogens with one attached hydrogen (secondary N) is 1. The van der Waals surface area contributed by atoms with Crippen molar-refractivity contribution in [1.29, 1.82) is 0 Å². The van der Waals surface area contributed by atoms with Crippen LogP contribution in [-0.2, 0) is 16.1 Å². The molecule has 1 aliphatic rings. The third-order valence-electron chi connectivity index (χ3n) is 2.98. The summed E-state index contributed by atoms with van der Waals surface area (Å²) in [5, 5.41) is 13.5. The number of rotatable bonds is 4. The zero-order valence-corrected chi connectivity index (χ0v) is 10.2. The summed E-state index contributed by atoms with van der Waals surface area (Å²) in [6, 6.07) is 5.53. The van der Waals surface area contributed by atoms with Crippen LogP contribution in [0.3, 0.4) is 0 Å². The first-order valence-electron chi connectivity index (χ1n) is 5.95. The molecule has 7 nitrogen and oxygen atoms in total. The summed E-state index contributed by atoms with van der Waals surface area (Å²) in [6.45, 7) is 0.710. The molecular formula is C12H15N3O4. The molecule has 1 saturated heterocycles. The smallest absolute Gasteiger partial charge is 0.323 e. The molecule has 1 unspecified atom stereocenters. The normalized spacial score (nSPS) is 22.2. The van der Waals surface area contributed by atoms with E-state index in [-0.39, 0.29) is 30.3 Å². The fraction of sp³-hybridized carbons (Fsp3) is 0.417. The van der Waals surface area contributed by atoms with E-state index in [9.17, 15) is 14.9 Å². The Hall–Kier alpha value is -1.99. The minimum atomic E-state index is -0.473. The summed E-state index contributed by atoms with van der Waals surface area (Å²) >= 11 is 0. The lowest BCUT2D eigenvalue weighted by Gasteiger charge is -2.10. The van der Waals surface area contributed by atoms with E-state index in [1.165, 1.54) is 12.1 Å². The van der Waals surface area contributed by atoms with Crippen molar-refractivity contribution in [2.75, 3.05) is 6.54 Å². The molecule has 2 rings (SSSR count). The molecular weight excluding hydrogens is 250 g/mol. The zero-order chi connectivity index (χ0) is 13.8. The second-order valence-corrected chi connectivity index (χ2v) is 4.49. The summed E-state index contributed by atoms with van der Waals surface area (Å²) in [5.74, 6) is -0.341. The lowest BCUT2D eigenvalue weighted by atomic mass is 10.2. The summed E-state index contributed by atoms with van der Waals surface area (Å²) in [5.41, 5.74) is 6.40. The molecule has 0 radical (unpaired) electrons. The molecule has 1 aromatic rings. The molecule has 102 valence electrons. The van der Waals surface area contributed by atoms with E-state index in [0.717, 1.165) is 0 Å². The van der Waals surface area contributed by atoms with Gasteiger partial charge in [-0.15, -0.1) is 0 Å². The predicted molar refractivity (Wildman–Crippen MR) is 67.3 cm³/mol. The number of esters is 1. The molecule has 0 bridgehead atoms. The summed E-state index contributed by atoms with van der Waals surface area (Å²) in [7, 11) is 0. The molecule has 19 heavy (non-hydrogen) atoms. The van der Waals surface area contributed by atoms with Crippen LogP contribution in [0.5, 0.6) is 0 Å². The van der Waals surface area contributed by atoms with Crippen molar-refractivity contribution < 1.29 is 14.5 Å². The molecule has 0 amide bonds. The summed E-state index contributed by atoms with van der Waals surface area (Å²) < 4.78 is 5.13. The largest absolute Gasteiger partial charge is 0.460 e. The molecule has 1 aromatic carbocycles. The number of benzene rings is 1. The van der Waals surface area contributed by atoms with Gasteiger partial charge in [0.25, 0.3) is 5.69 Å². The number of nitrogens with two attached hydrogens (primary N) is 1. The number of nitro groups is 1. The minimum absolute atomic E-state index is 0.0125. The van der Waals surface area contributed by atoms with Gasteiger partial charge < -0.3 is 15.8 Å². The van der Waals surface area contributed by atoms with Crippen molar-refractivity contribution in [3.63, 3.8) is 0 Å². The monoisotopic (exact) mass is 265 g/mol. The van der Waals surface area contributed by atoms with Crippen LogP contribution >= 0.6 is 0 Å². The highest BCUT2D eigenvalue weighted by molar-refractivity contribution is 5.76. The molecule has 3 N–H and O–H groups in total. The number of hydrogen-bond acceptors (Lipinski definition) is 6. The van der Waals surface area contributed by atoms with E-state index in [0.29, 0.717) is 18.5 Å². The first-order valence-corrected chi connectivity index (χ1v) is 5.95. The maximum absolute atomic E-state index is 11.7. The van der Waals surface area contributed by atoms with Crippen LogP contribution in [0.1, 0.15) is 12.0 Å². The van der Waals surface area contributed by atoms with Gasteiger partial charge in [-0.25, -0.2) is 0 Å². The third kappa shape index (κ3) is 3.49. The Morgan fingerprint density at radius 3 is 2.68 bits per heavy atom. The van der Waals surface area contributed by atoms with Crippen LogP contribution in [0.25, 0.3) is 0 Å². The Labute approximate surface area is 109 Å². The maximum Gasteiger partial charge on any atom is 0.323 e. The SMILES string of the molecule is N[C@H]1CNC(C(=O)OCc2ccc([N+](=O)[O-])cc2)C1. The van der Waals surface area contributed by atoms with Crippen molar-refractivity contribution in [3.05, 3.63) is 39.9 Å². The van der Waals surface area contributed by atoms with Gasteiger partial charge in [-0.05, 0) is 24.1 Å². The fourth-order valence-electron chi connectivity index (χ4n) is 1.91. The first-order chi connectivity index (χ1) is 9.06. The van der Waals surface area contributed by atoms with E-state index in [1.54, 1.807) is 12.1 Å². The van der Waals surface area contributed by atoms with Gasteiger partial charge in [-0.1, -0.05) is 0 Å². The molecule has 2 atom stereocenters. The Morgan fingerprint density at radius 2 is 2.16 bits per heavy atom. The highest BCUT2D eigenvalue weighted by Gasteiger charge is 2.28. The van der Waals surface area contributed by atoms with Crippen molar-refractivity contribution in [2.45, 2.75) is 25.1 Å². The van der Waals surface area contributed by atoms with Gasteiger partial charge in [0.05, 0.1) is 4.92 Å². The maximum atomic E-state index is 11.7. The average Bonchev–Trinajstić information content (AvgIpc) is 2.83. The van der Waals surface area contributed by atoms with Gasteiger partial charge in [0.15, 0.2) is 0 Å². The Morgan fingerprint density at radius 1 is 1.47 bits per heavy atom. The number of nitro benzene ring substituents is 1. The molecule has 0 aromatic heterocycles. The van der Waals surface area contributed by atoms with Crippen molar-refractivity contribution in [2.24, 2.45) is 5.73 Å². The number of hydrogen-bond donors (Lipinski definition) is 2. The highest BCUT2D eigenvalue weighted by atomic mass is 16.6. The van der Waals surface area contributed by atoms with E-state index in [1.807, 2.05) is 0 Å². The molecule has 7 heteroatoms. The number of nitrogens with zero attached hydrogens (tertiary/aromatic N) is 1. The van der Waals surface area contributed by atoms with E-state index < -0.39 is 4.92 Å². The Bertz CT molecular complexity index is 474. The van der Waals surface area contributed by atoms with Crippen LogP contribution in [0, 0.1) is 10.1 Å². The van der Waals surface area contributed by atoms with Crippen LogP contribution in [0.2, 0.25) is 0 Å². The number of ether oxygens (including phenoxy) is 1. The first kappa shape index (κ1) is 13.4. The minimum Gasteiger partial charge on any atom is -0.460 e. The molecule has 1 fully saturated rings. The van der Waals surface area contributed by atoms with Crippen molar-refractivity contribution in [3.8, 4) is 0 Å². The quantitative estimate of drug-likeness (QED) is 0.461. The fourth-order valence-corrected chi connectivity index (χ4v) is 1.91. The van der Waals surface area contributed by atoms with Crippen LogP contribution in [0.4, 0.5) is 5.69 Å². The number of carbonyl (C=O) groups excluding carboxylic acids is 1. The van der Waals surface area contributed by atoms with E-state index >= 15 is 0 Å². The van der Waals surface area contributed by atoms with Crippen LogP contribution < -0.4 is 11.1 Å².